The normalized spacial score (nSPS) is 10.6. The Morgan fingerprint density at radius 3 is 2.83 bits per heavy atom. The van der Waals surface area contributed by atoms with Crippen LogP contribution in [-0.2, 0) is 0 Å². The molecule has 4 N–H and O–H groups in total. The molecular formula is C9H7FN6O2. The third-order valence-corrected chi connectivity index (χ3v) is 1.80. The van der Waals surface area contributed by atoms with Gasteiger partial charge in [0.15, 0.2) is 5.84 Å². The molecule has 18 heavy (non-hydrogen) atoms. The topological polar surface area (TPSA) is 141 Å². The standard InChI is InChI=1S/C9H7FN6O2/c10-6-2-1-5(3-8(6)16(17)18)14-15-7(4-11)9(12)13/h1-3,14H,(H3,12,13)/b15-7+. The predicted molar refractivity (Wildman–Crippen MR) is 61.6 cm³/mol. The molecule has 0 saturated heterocycles. The molecule has 0 spiro atoms. The number of nitro groups is 1. The average Bonchev–Trinajstić information content (AvgIpc) is 2.31. The van der Waals surface area contributed by atoms with Gasteiger partial charge in [0.1, 0.15) is 6.07 Å². The number of amidine groups is 1. The number of halogens is 1. The van der Waals surface area contributed by atoms with Gasteiger partial charge in [0, 0.05) is 6.07 Å². The molecule has 0 saturated carbocycles. The first-order valence-corrected chi connectivity index (χ1v) is 4.48. The quantitative estimate of drug-likeness (QED) is 0.316. The van der Waals surface area contributed by atoms with Crippen molar-refractivity contribution in [2.75, 3.05) is 5.43 Å². The first kappa shape index (κ1) is 13.0. The maximum Gasteiger partial charge on any atom is 0.306 e. The Hall–Kier alpha value is -3.02. The summed E-state index contributed by atoms with van der Waals surface area (Å²) < 4.78 is 13.0. The van der Waals surface area contributed by atoms with E-state index < -0.39 is 22.3 Å². The lowest BCUT2D eigenvalue weighted by Crippen LogP contribution is -2.21. The summed E-state index contributed by atoms with van der Waals surface area (Å²) in [5, 5.41) is 29.5. The van der Waals surface area contributed by atoms with Crippen LogP contribution in [0.4, 0.5) is 15.8 Å². The summed E-state index contributed by atoms with van der Waals surface area (Å²) in [6.45, 7) is 0. The number of benzene rings is 1. The monoisotopic (exact) mass is 250 g/mol. The zero-order chi connectivity index (χ0) is 13.7. The number of nitrogens with zero attached hydrogens (tertiary/aromatic N) is 3. The highest BCUT2D eigenvalue weighted by atomic mass is 19.1. The van der Waals surface area contributed by atoms with Gasteiger partial charge in [-0.25, -0.2) is 0 Å². The average molecular weight is 250 g/mol. The Kier molecular flexibility index (Phi) is 3.88. The highest BCUT2D eigenvalue weighted by Gasteiger charge is 2.14. The molecule has 92 valence electrons. The lowest BCUT2D eigenvalue weighted by Gasteiger charge is -2.01. The van der Waals surface area contributed by atoms with E-state index >= 15 is 0 Å². The van der Waals surface area contributed by atoms with Gasteiger partial charge in [-0.3, -0.25) is 20.9 Å². The highest BCUT2D eigenvalue weighted by molar-refractivity contribution is 6.45. The van der Waals surface area contributed by atoms with Crippen molar-refractivity contribution >= 4 is 22.9 Å². The van der Waals surface area contributed by atoms with Crippen LogP contribution in [0.5, 0.6) is 0 Å². The fraction of sp³-hybridized carbons (Fsp3) is 0. The van der Waals surface area contributed by atoms with E-state index in [1.54, 1.807) is 6.07 Å². The molecule has 8 nitrogen and oxygen atoms in total. The van der Waals surface area contributed by atoms with Gasteiger partial charge < -0.3 is 5.73 Å². The summed E-state index contributed by atoms with van der Waals surface area (Å²) in [4.78, 5) is 9.58. The summed E-state index contributed by atoms with van der Waals surface area (Å²) in [5.41, 5.74) is 6.29. The van der Waals surface area contributed by atoms with E-state index in [0.29, 0.717) is 0 Å². The Morgan fingerprint density at radius 1 is 1.67 bits per heavy atom. The Balaban J connectivity index is 3.00. The van der Waals surface area contributed by atoms with E-state index in [0.717, 1.165) is 12.1 Å². The first-order chi connectivity index (χ1) is 8.45. The fourth-order valence-corrected chi connectivity index (χ4v) is 0.988. The van der Waals surface area contributed by atoms with E-state index in [1.807, 2.05) is 0 Å². The van der Waals surface area contributed by atoms with Gasteiger partial charge >= 0.3 is 5.69 Å². The van der Waals surface area contributed by atoms with Crippen molar-refractivity contribution in [3.8, 4) is 6.07 Å². The zero-order valence-electron chi connectivity index (χ0n) is 8.85. The van der Waals surface area contributed by atoms with Crippen LogP contribution >= 0.6 is 0 Å². The number of hydrogen-bond acceptors (Lipinski definition) is 6. The van der Waals surface area contributed by atoms with Gasteiger partial charge in [-0.05, 0) is 12.1 Å². The van der Waals surface area contributed by atoms with Crippen molar-refractivity contribution in [1.29, 1.82) is 10.7 Å². The predicted octanol–water partition coefficient (Wildman–Crippen LogP) is 0.961. The molecule has 0 aliphatic carbocycles. The van der Waals surface area contributed by atoms with Gasteiger partial charge in [0.2, 0.25) is 11.5 Å². The molecule has 0 aromatic heterocycles. The molecule has 1 aromatic carbocycles. The summed E-state index contributed by atoms with van der Waals surface area (Å²) in [5.74, 6) is -1.54. The minimum atomic E-state index is -0.985. The van der Waals surface area contributed by atoms with Gasteiger partial charge in [0.25, 0.3) is 0 Å². The van der Waals surface area contributed by atoms with Crippen molar-refractivity contribution in [2.24, 2.45) is 10.8 Å². The summed E-state index contributed by atoms with van der Waals surface area (Å²) >= 11 is 0. The second kappa shape index (κ2) is 5.35. The Bertz CT molecular complexity index is 577. The smallest absolute Gasteiger partial charge is 0.306 e. The van der Waals surface area contributed by atoms with Crippen LogP contribution in [0.3, 0.4) is 0 Å². The molecule has 0 heterocycles. The second-order valence-electron chi connectivity index (χ2n) is 3.02. The maximum atomic E-state index is 13.0. The molecule has 0 radical (unpaired) electrons. The largest absolute Gasteiger partial charge is 0.382 e. The number of nitrogens with two attached hydrogens (primary N) is 1. The maximum absolute atomic E-state index is 13.0. The van der Waals surface area contributed by atoms with E-state index in [1.165, 1.54) is 6.07 Å². The van der Waals surface area contributed by atoms with Crippen molar-refractivity contribution in [3.05, 3.63) is 34.1 Å². The second-order valence-corrected chi connectivity index (χ2v) is 3.02. The third kappa shape index (κ3) is 2.99. The van der Waals surface area contributed by atoms with Gasteiger partial charge in [0.05, 0.1) is 10.6 Å². The van der Waals surface area contributed by atoms with Crippen LogP contribution in [0.1, 0.15) is 0 Å². The lowest BCUT2D eigenvalue weighted by molar-refractivity contribution is -0.387. The number of hydrazone groups is 1. The van der Waals surface area contributed by atoms with Crippen LogP contribution in [0.2, 0.25) is 0 Å². The van der Waals surface area contributed by atoms with Crippen LogP contribution in [-0.4, -0.2) is 16.5 Å². The van der Waals surface area contributed by atoms with Gasteiger partial charge in [-0.1, -0.05) is 0 Å². The van der Waals surface area contributed by atoms with Crippen LogP contribution in [0, 0.1) is 32.7 Å². The van der Waals surface area contributed by atoms with Crippen molar-refractivity contribution in [1.82, 2.24) is 0 Å². The number of anilines is 1. The number of nitrogens with one attached hydrogen (secondary N) is 2. The van der Waals surface area contributed by atoms with E-state index in [9.17, 15) is 14.5 Å². The van der Waals surface area contributed by atoms with Crippen LogP contribution in [0.25, 0.3) is 0 Å². The molecule has 0 bridgehead atoms. The molecule has 9 heteroatoms. The van der Waals surface area contributed by atoms with Crippen LogP contribution < -0.4 is 11.2 Å². The SMILES string of the molecule is N#C/C(=N\Nc1ccc(F)c([N+](=O)[O-])c1)C(=N)N. The van der Waals surface area contributed by atoms with Gasteiger partial charge in [-0.2, -0.15) is 14.8 Å². The summed E-state index contributed by atoms with van der Waals surface area (Å²) in [6, 6.07) is 4.54. The Labute approximate surface area is 100 Å². The molecule has 0 aliphatic heterocycles. The minimum Gasteiger partial charge on any atom is -0.382 e. The molecule has 0 unspecified atom stereocenters. The number of nitriles is 1. The fourth-order valence-electron chi connectivity index (χ4n) is 0.988. The molecule has 1 rings (SSSR count). The first-order valence-electron chi connectivity index (χ1n) is 4.48. The van der Waals surface area contributed by atoms with Crippen LogP contribution in [0.15, 0.2) is 23.3 Å². The lowest BCUT2D eigenvalue weighted by atomic mass is 10.3. The third-order valence-electron chi connectivity index (χ3n) is 1.80. The Morgan fingerprint density at radius 2 is 2.33 bits per heavy atom. The molecular weight excluding hydrogens is 243 g/mol. The summed E-state index contributed by atoms with van der Waals surface area (Å²) in [7, 11) is 0. The van der Waals surface area contributed by atoms with E-state index in [4.69, 9.17) is 16.4 Å². The molecule has 0 fully saturated rings. The number of nitro benzene ring substituents is 1. The van der Waals surface area contributed by atoms with Gasteiger partial charge in [-0.15, -0.1) is 0 Å². The zero-order valence-corrected chi connectivity index (χ0v) is 8.85. The van der Waals surface area contributed by atoms with Crippen molar-refractivity contribution in [3.63, 3.8) is 0 Å². The molecule has 0 amide bonds. The number of hydrogen-bond donors (Lipinski definition) is 3. The molecule has 0 atom stereocenters. The highest BCUT2D eigenvalue weighted by Crippen LogP contribution is 2.21. The number of rotatable bonds is 4. The van der Waals surface area contributed by atoms with E-state index in [2.05, 4.69) is 10.5 Å². The minimum absolute atomic E-state index is 0.0945. The van der Waals surface area contributed by atoms with Crippen molar-refractivity contribution in [2.45, 2.75) is 0 Å². The molecule has 1 aromatic rings. The summed E-state index contributed by atoms with van der Waals surface area (Å²) in [6.07, 6.45) is 0. The van der Waals surface area contributed by atoms with E-state index in [-0.39, 0.29) is 11.4 Å². The molecule has 0 aliphatic rings. The van der Waals surface area contributed by atoms with Crippen molar-refractivity contribution < 1.29 is 9.31 Å².